The Morgan fingerprint density at radius 3 is 2.29 bits per heavy atom. The van der Waals surface area contributed by atoms with Crippen LogP contribution in [0.5, 0.6) is 0 Å². The average molecular weight is 457 g/mol. The van der Waals surface area contributed by atoms with Gasteiger partial charge in [0.15, 0.2) is 0 Å². The largest absolute Gasteiger partial charge is 0.321 e. The number of rotatable bonds is 5. The minimum atomic E-state index is -3.53. The number of amides is 1. The highest BCUT2D eigenvalue weighted by Gasteiger charge is 2.27. The summed E-state index contributed by atoms with van der Waals surface area (Å²) < 4.78 is 27.1. The highest BCUT2D eigenvalue weighted by atomic mass is 32.2. The van der Waals surface area contributed by atoms with Crippen LogP contribution in [-0.2, 0) is 10.0 Å². The Hall–Kier alpha value is -2.59. The van der Waals surface area contributed by atoms with Crippen LogP contribution in [0.3, 0.4) is 0 Å². The predicted octanol–water partition coefficient (Wildman–Crippen LogP) is 3.31. The van der Waals surface area contributed by atoms with Crippen LogP contribution >= 0.6 is 11.3 Å². The fourth-order valence-electron chi connectivity index (χ4n) is 3.29. The van der Waals surface area contributed by atoms with Gasteiger partial charge < -0.3 is 10.2 Å². The number of likely N-dealkylation sites (N-methyl/N-ethyl adjacent to an activating group) is 1. The first-order valence-corrected chi connectivity index (χ1v) is 12.3. The third-order valence-corrected chi connectivity index (χ3v) is 8.05. The van der Waals surface area contributed by atoms with E-state index in [-0.39, 0.29) is 10.8 Å². The zero-order chi connectivity index (χ0) is 22.0. The van der Waals surface area contributed by atoms with E-state index in [2.05, 4.69) is 15.2 Å². The fourth-order valence-corrected chi connectivity index (χ4v) is 5.52. The van der Waals surface area contributed by atoms with Crippen molar-refractivity contribution in [2.45, 2.75) is 11.8 Å². The molecule has 2 aromatic carbocycles. The second-order valence-electron chi connectivity index (χ2n) is 7.59. The lowest BCUT2D eigenvalue weighted by Crippen LogP contribution is -2.46. The molecule has 3 aromatic rings. The molecule has 1 fully saturated rings. The molecule has 0 atom stereocenters. The van der Waals surface area contributed by atoms with Crippen molar-refractivity contribution in [2.24, 2.45) is 0 Å². The number of sulfonamides is 1. The van der Waals surface area contributed by atoms with Crippen LogP contribution in [0.1, 0.15) is 16.1 Å². The van der Waals surface area contributed by atoms with E-state index in [1.165, 1.54) is 27.8 Å². The highest BCUT2D eigenvalue weighted by molar-refractivity contribution is 7.89. The lowest BCUT2D eigenvalue weighted by atomic mass is 10.2. The SMILES string of the molecule is Cc1ccc(-c2nc(C(=O)Nc3ccc(S(=O)(=O)N4CCN(C)CC4)cc3)cs2)cc1. The molecule has 1 N–H and O–H groups in total. The van der Waals surface area contributed by atoms with E-state index in [1.54, 1.807) is 17.5 Å². The summed E-state index contributed by atoms with van der Waals surface area (Å²) >= 11 is 1.41. The molecule has 162 valence electrons. The highest BCUT2D eigenvalue weighted by Crippen LogP contribution is 2.25. The Morgan fingerprint density at radius 1 is 1.00 bits per heavy atom. The van der Waals surface area contributed by atoms with E-state index < -0.39 is 10.0 Å². The summed E-state index contributed by atoms with van der Waals surface area (Å²) in [4.78, 5) is 19.3. The van der Waals surface area contributed by atoms with Crippen molar-refractivity contribution in [3.63, 3.8) is 0 Å². The third-order valence-electron chi connectivity index (χ3n) is 5.25. The van der Waals surface area contributed by atoms with Crippen molar-refractivity contribution < 1.29 is 13.2 Å². The topological polar surface area (TPSA) is 82.6 Å². The number of anilines is 1. The van der Waals surface area contributed by atoms with Crippen molar-refractivity contribution in [3.8, 4) is 10.6 Å². The molecule has 0 bridgehead atoms. The van der Waals surface area contributed by atoms with Gasteiger partial charge in [0.1, 0.15) is 10.7 Å². The Balaban J connectivity index is 1.43. The Labute approximate surface area is 186 Å². The fraction of sp³-hybridized carbons (Fsp3) is 0.273. The molecule has 1 amide bonds. The standard InChI is InChI=1S/C22H24N4O3S2/c1-16-3-5-17(6-4-16)22-24-20(15-30-22)21(27)23-18-7-9-19(10-8-18)31(28,29)26-13-11-25(2)12-14-26/h3-10,15H,11-14H2,1-2H3,(H,23,27). The first kappa shape index (κ1) is 21.6. The zero-order valence-corrected chi connectivity index (χ0v) is 19.0. The summed E-state index contributed by atoms with van der Waals surface area (Å²) in [6, 6.07) is 14.2. The van der Waals surface area contributed by atoms with Crippen molar-refractivity contribution in [1.29, 1.82) is 0 Å². The van der Waals surface area contributed by atoms with Crippen molar-refractivity contribution in [2.75, 3.05) is 38.5 Å². The molecule has 0 aliphatic carbocycles. The smallest absolute Gasteiger partial charge is 0.275 e. The lowest BCUT2D eigenvalue weighted by Gasteiger charge is -2.31. The van der Waals surface area contributed by atoms with Crippen LogP contribution in [-0.4, -0.2) is 61.7 Å². The molecule has 31 heavy (non-hydrogen) atoms. The molecule has 0 radical (unpaired) electrons. The van der Waals surface area contributed by atoms with Crippen LogP contribution in [0.25, 0.3) is 10.6 Å². The summed E-state index contributed by atoms with van der Waals surface area (Å²) in [6.45, 7) is 4.40. The first-order chi connectivity index (χ1) is 14.8. The number of thiazole rings is 1. The van der Waals surface area contributed by atoms with E-state index in [1.807, 2.05) is 38.2 Å². The van der Waals surface area contributed by atoms with Crippen molar-refractivity contribution in [3.05, 3.63) is 65.2 Å². The van der Waals surface area contributed by atoms with Gasteiger partial charge in [-0.3, -0.25) is 4.79 Å². The van der Waals surface area contributed by atoms with E-state index in [0.29, 0.717) is 37.6 Å². The van der Waals surface area contributed by atoms with E-state index in [9.17, 15) is 13.2 Å². The summed E-state index contributed by atoms with van der Waals surface area (Å²) in [5.41, 5.74) is 2.98. The number of hydrogen-bond acceptors (Lipinski definition) is 6. The molecular formula is C22H24N4O3S2. The predicted molar refractivity (Wildman–Crippen MR) is 123 cm³/mol. The van der Waals surface area contributed by atoms with Crippen molar-refractivity contribution >= 4 is 33.0 Å². The molecule has 1 aromatic heterocycles. The number of carbonyl (C=O) groups excluding carboxylic acids is 1. The van der Waals surface area contributed by atoms with Gasteiger partial charge in [0.05, 0.1) is 4.90 Å². The minimum absolute atomic E-state index is 0.227. The molecule has 1 aliphatic rings. The molecule has 1 saturated heterocycles. The third kappa shape index (κ3) is 4.85. The Morgan fingerprint density at radius 2 is 1.65 bits per heavy atom. The number of benzene rings is 2. The summed E-state index contributed by atoms with van der Waals surface area (Å²) in [5, 5.41) is 5.28. The normalized spacial score (nSPS) is 15.7. The van der Waals surface area contributed by atoms with Gasteiger partial charge in [0.2, 0.25) is 10.0 Å². The number of aromatic nitrogens is 1. The average Bonchev–Trinajstić information content (AvgIpc) is 3.25. The number of nitrogens with one attached hydrogen (secondary N) is 1. The van der Waals surface area contributed by atoms with Crippen LogP contribution < -0.4 is 5.32 Å². The molecule has 0 saturated carbocycles. The van der Waals surface area contributed by atoms with E-state index in [4.69, 9.17) is 0 Å². The van der Waals surface area contributed by atoms with Crippen LogP contribution in [0.2, 0.25) is 0 Å². The van der Waals surface area contributed by atoms with Gasteiger partial charge in [-0.1, -0.05) is 29.8 Å². The molecule has 1 aliphatic heterocycles. The monoisotopic (exact) mass is 456 g/mol. The molecule has 0 spiro atoms. The van der Waals surface area contributed by atoms with Crippen LogP contribution in [0.15, 0.2) is 58.8 Å². The number of piperazine rings is 1. The maximum Gasteiger partial charge on any atom is 0.275 e. The summed E-state index contributed by atoms with van der Waals surface area (Å²) in [6.07, 6.45) is 0. The second kappa shape index (κ2) is 8.88. The zero-order valence-electron chi connectivity index (χ0n) is 17.4. The molecule has 7 nitrogen and oxygen atoms in total. The summed E-state index contributed by atoms with van der Waals surface area (Å²) in [5.74, 6) is -0.329. The maximum absolute atomic E-state index is 12.8. The first-order valence-electron chi connectivity index (χ1n) is 9.95. The number of carbonyl (C=O) groups is 1. The van der Waals surface area contributed by atoms with Crippen molar-refractivity contribution in [1.82, 2.24) is 14.2 Å². The van der Waals surface area contributed by atoms with Gasteiger partial charge in [-0.05, 0) is 38.2 Å². The van der Waals surface area contributed by atoms with Gasteiger partial charge in [-0.25, -0.2) is 13.4 Å². The molecule has 2 heterocycles. The van der Waals surface area contributed by atoms with Gasteiger partial charge >= 0.3 is 0 Å². The van der Waals surface area contributed by atoms with E-state index in [0.717, 1.165) is 16.1 Å². The molecule has 0 unspecified atom stereocenters. The lowest BCUT2D eigenvalue weighted by molar-refractivity contribution is 0.102. The molecule has 9 heteroatoms. The minimum Gasteiger partial charge on any atom is -0.321 e. The number of hydrogen-bond donors (Lipinski definition) is 1. The summed E-state index contributed by atoms with van der Waals surface area (Å²) in [7, 11) is -1.55. The number of nitrogens with zero attached hydrogens (tertiary/aromatic N) is 3. The van der Waals surface area contributed by atoms with E-state index >= 15 is 0 Å². The Bertz CT molecular complexity index is 1160. The van der Waals surface area contributed by atoms with Gasteiger partial charge in [-0.2, -0.15) is 4.31 Å². The van der Waals surface area contributed by atoms with Crippen LogP contribution in [0.4, 0.5) is 5.69 Å². The Kier molecular flexibility index (Phi) is 6.19. The quantitative estimate of drug-likeness (QED) is 0.637. The number of aryl methyl sites for hydroxylation is 1. The molecule has 4 rings (SSSR count). The second-order valence-corrected chi connectivity index (χ2v) is 10.4. The van der Waals surface area contributed by atoms with Crippen LogP contribution in [0, 0.1) is 6.92 Å². The molecular weight excluding hydrogens is 432 g/mol. The van der Waals surface area contributed by atoms with Gasteiger partial charge in [0, 0.05) is 42.8 Å². The maximum atomic E-state index is 12.8. The van der Waals surface area contributed by atoms with Gasteiger partial charge in [0.25, 0.3) is 5.91 Å². The van der Waals surface area contributed by atoms with Gasteiger partial charge in [-0.15, -0.1) is 11.3 Å².